The highest BCUT2D eigenvalue weighted by Gasteiger charge is 2.38. The van der Waals surface area contributed by atoms with Gasteiger partial charge in [-0.2, -0.15) is 13.2 Å². The molecule has 6 nitrogen and oxygen atoms in total. The summed E-state index contributed by atoms with van der Waals surface area (Å²) in [5.41, 5.74) is -1.35. The third-order valence-corrected chi connectivity index (χ3v) is 3.20. The van der Waals surface area contributed by atoms with E-state index in [-0.39, 0.29) is 11.0 Å². The van der Waals surface area contributed by atoms with Crippen molar-refractivity contribution < 1.29 is 27.9 Å². The highest BCUT2D eigenvalue weighted by atomic mass is 19.4. The van der Waals surface area contributed by atoms with Crippen LogP contribution < -0.4 is 5.32 Å². The number of carboxylic acids is 1. The summed E-state index contributed by atoms with van der Waals surface area (Å²) in [5.74, 6) is -3.36. The minimum atomic E-state index is -4.73. The molecule has 2 aromatic rings. The fraction of sp³-hybridized carbons (Fsp3) is 0.357. The molecule has 9 heteroatoms. The van der Waals surface area contributed by atoms with Gasteiger partial charge in [-0.05, 0) is 26.0 Å². The second-order valence-corrected chi connectivity index (χ2v) is 5.49. The first-order valence-electron chi connectivity index (χ1n) is 6.59. The van der Waals surface area contributed by atoms with Crippen LogP contribution in [0.2, 0.25) is 0 Å². The molecule has 1 amide bonds. The number of carbonyl (C=O) groups excluding carboxylic acids is 1. The van der Waals surface area contributed by atoms with Gasteiger partial charge in [0.15, 0.2) is 0 Å². The number of halogens is 3. The minimum Gasteiger partial charge on any atom is -0.480 e. The number of para-hydroxylation sites is 2. The number of alkyl halides is 3. The SMILES string of the molecule is CC(C)(NC(=O)Cn1c(C(F)(F)F)nc2ccccc21)C(=O)O. The summed E-state index contributed by atoms with van der Waals surface area (Å²) < 4.78 is 40.0. The summed E-state index contributed by atoms with van der Waals surface area (Å²) in [4.78, 5) is 26.5. The van der Waals surface area contributed by atoms with Crippen molar-refractivity contribution in [2.24, 2.45) is 0 Å². The van der Waals surface area contributed by atoms with E-state index in [1.807, 2.05) is 0 Å². The topological polar surface area (TPSA) is 84.2 Å². The molecule has 0 aliphatic heterocycles. The molecule has 0 saturated carbocycles. The molecule has 0 radical (unpaired) electrons. The molecule has 2 N–H and O–H groups in total. The van der Waals surface area contributed by atoms with Gasteiger partial charge in [0.05, 0.1) is 11.0 Å². The van der Waals surface area contributed by atoms with Crippen LogP contribution in [0.3, 0.4) is 0 Å². The summed E-state index contributed by atoms with van der Waals surface area (Å²) >= 11 is 0. The maximum absolute atomic E-state index is 13.1. The summed E-state index contributed by atoms with van der Waals surface area (Å²) in [7, 11) is 0. The molecular weight excluding hydrogens is 315 g/mol. The van der Waals surface area contributed by atoms with Crippen molar-refractivity contribution in [3.05, 3.63) is 30.1 Å². The number of nitrogens with one attached hydrogen (secondary N) is 1. The van der Waals surface area contributed by atoms with Crippen molar-refractivity contribution in [2.75, 3.05) is 0 Å². The van der Waals surface area contributed by atoms with Crippen LogP contribution >= 0.6 is 0 Å². The van der Waals surface area contributed by atoms with Crippen molar-refractivity contribution in [3.63, 3.8) is 0 Å². The van der Waals surface area contributed by atoms with Crippen LogP contribution in [0.15, 0.2) is 24.3 Å². The fourth-order valence-electron chi connectivity index (χ4n) is 2.04. The first-order chi connectivity index (χ1) is 10.5. The Morgan fingerprint density at radius 3 is 2.43 bits per heavy atom. The molecule has 124 valence electrons. The van der Waals surface area contributed by atoms with E-state index in [1.165, 1.54) is 38.1 Å². The smallest absolute Gasteiger partial charge is 0.449 e. The normalized spacial score (nSPS) is 12.4. The molecule has 0 aliphatic carbocycles. The summed E-state index contributed by atoms with van der Waals surface area (Å²) in [6.45, 7) is 1.79. The Bertz CT molecular complexity index is 765. The lowest BCUT2D eigenvalue weighted by Crippen LogP contribution is -2.50. The number of rotatable bonds is 4. The number of carbonyl (C=O) groups is 2. The number of fused-ring (bicyclic) bond motifs is 1. The number of amides is 1. The van der Waals surface area contributed by atoms with Crippen LogP contribution in [-0.4, -0.2) is 32.1 Å². The molecule has 1 heterocycles. The van der Waals surface area contributed by atoms with Gasteiger partial charge in [-0.1, -0.05) is 12.1 Å². The van der Waals surface area contributed by atoms with Gasteiger partial charge in [0.25, 0.3) is 0 Å². The second-order valence-electron chi connectivity index (χ2n) is 5.49. The van der Waals surface area contributed by atoms with Crippen LogP contribution in [0.5, 0.6) is 0 Å². The van der Waals surface area contributed by atoms with Gasteiger partial charge >= 0.3 is 12.1 Å². The number of benzene rings is 1. The summed E-state index contributed by atoms with van der Waals surface area (Å²) in [6, 6.07) is 5.88. The number of aromatic nitrogens is 2. The lowest BCUT2D eigenvalue weighted by Gasteiger charge is -2.21. The summed E-state index contributed by atoms with van der Waals surface area (Å²) in [5, 5.41) is 11.1. The van der Waals surface area contributed by atoms with Gasteiger partial charge in [0.2, 0.25) is 11.7 Å². The van der Waals surface area contributed by atoms with E-state index in [0.29, 0.717) is 0 Å². The number of carboxylic acid groups (broad SMARTS) is 1. The number of imidazole rings is 1. The Morgan fingerprint density at radius 1 is 1.26 bits per heavy atom. The van der Waals surface area contributed by atoms with Gasteiger partial charge in [-0.3, -0.25) is 4.79 Å². The predicted molar refractivity (Wildman–Crippen MR) is 74.6 cm³/mol. The van der Waals surface area contributed by atoms with Crippen molar-refractivity contribution in [3.8, 4) is 0 Å². The zero-order chi connectivity index (χ0) is 17.4. The summed E-state index contributed by atoms with van der Waals surface area (Å²) in [6.07, 6.45) is -4.73. The molecule has 1 aromatic heterocycles. The van der Waals surface area contributed by atoms with Gasteiger partial charge in [0.1, 0.15) is 12.1 Å². The third kappa shape index (κ3) is 3.43. The third-order valence-electron chi connectivity index (χ3n) is 3.20. The molecule has 0 unspecified atom stereocenters. The number of nitrogens with zero attached hydrogens (tertiary/aromatic N) is 2. The number of hydrogen-bond donors (Lipinski definition) is 2. The van der Waals surface area contributed by atoms with Crippen LogP contribution in [0.25, 0.3) is 11.0 Å². The zero-order valence-corrected chi connectivity index (χ0v) is 12.3. The average molecular weight is 329 g/mol. The number of hydrogen-bond acceptors (Lipinski definition) is 3. The van der Waals surface area contributed by atoms with E-state index >= 15 is 0 Å². The molecule has 1 aromatic carbocycles. The molecule has 0 bridgehead atoms. The molecule has 0 atom stereocenters. The maximum atomic E-state index is 13.1. The number of aliphatic carboxylic acids is 1. The Balaban J connectivity index is 2.39. The quantitative estimate of drug-likeness (QED) is 0.899. The van der Waals surface area contributed by atoms with Gasteiger partial charge in [-0.25, -0.2) is 9.78 Å². The minimum absolute atomic E-state index is 0.102. The van der Waals surface area contributed by atoms with Crippen molar-refractivity contribution in [2.45, 2.75) is 32.1 Å². The first-order valence-corrected chi connectivity index (χ1v) is 6.59. The molecule has 0 fully saturated rings. The monoisotopic (exact) mass is 329 g/mol. The molecular formula is C14H14F3N3O3. The molecule has 23 heavy (non-hydrogen) atoms. The molecule has 0 saturated heterocycles. The Hall–Kier alpha value is -2.58. The van der Waals surface area contributed by atoms with Crippen molar-refractivity contribution in [1.82, 2.24) is 14.9 Å². The van der Waals surface area contributed by atoms with E-state index in [9.17, 15) is 22.8 Å². The van der Waals surface area contributed by atoms with Crippen molar-refractivity contribution in [1.29, 1.82) is 0 Å². The van der Waals surface area contributed by atoms with E-state index in [1.54, 1.807) is 0 Å². The standard InChI is InChI=1S/C14H14F3N3O3/c1-13(2,12(22)23)19-10(21)7-20-9-6-4-3-5-8(9)18-11(20)14(15,16)17/h3-6H,7H2,1-2H3,(H,19,21)(H,22,23). The van der Waals surface area contributed by atoms with Gasteiger partial charge < -0.3 is 15.0 Å². The highest BCUT2D eigenvalue weighted by Crippen LogP contribution is 2.31. The first kappa shape index (κ1) is 16.8. The maximum Gasteiger partial charge on any atom is 0.449 e. The Kier molecular flexibility index (Phi) is 4.06. The van der Waals surface area contributed by atoms with Crippen LogP contribution in [0.4, 0.5) is 13.2 Å². The molecule has 0 spiro atoms. The average Bonchev–Trinajstić information content (AvgIpc) is 2.77. The highest BCUT2D eigenvalue weighted by molar-refractivity contribution is 5.87. The van der Waals surface area contributed by atoms with E-state index in [0.717, 1.165) is 4.57 Å². The van der Waals surface area contributed by atoms with Gasteiger partial charge in [0, 0.05) is 0 Å². The fourth-order valence-corrected chi connectivity index (χ4v) is 2.04. The van der Waals surface area contributed by atoms with Crippen LogP contribution in [0.1, 0.15) is 19.7 Å². The van der Waals surface area contributed by atoms with Crippen LogP contribution in [0, 0.1) is 0 Å². The van der Waals surface area contributed by atoms with Crippen LogP contribution in [-0.2, 0) is 22.3 Å². The van der Waals surface area contributed by atoms with E-state index in [2.05, 4.69) is 10.3 Å². The lowest BCUT2D eigenvalue weighted by atomic mass is 10.1. The Morgan fingerprint density at radius 2 is 1.87 bits per heavy atom. The second kappa shape index (κ2) is 5.56. The van der Waals surface area contributed by atoms with Gasteiger partial charge in [-0.15, -0.1) is 0 Å². The zero-order valence-electron chi connectivity index (χ0n) is 12.3. The van der Waals surface area contributed by atoms with E-state index < -0.39 is 36.0 Å². The predicted octanol–water partition coefficient (Wildman–Crippen LogP) is 2.03. The molecule has 2 rings (SSSR count). The molecule has 0 aliphatic rings. The lowest BCUT2D eigenvalue weighted by molar-refractivity contribution is -0.149. The van der Waals surface area contributed by atoms with E-state index in [4.69, 9.17) is 5.11 Å². The van der Waals surface area contributed by atoms with Crippen molar-refractivity contribution >= 4 is 22.9 Å². The Labute approximate surface area is 128 Å². The largest absolute Gasteiger partial charge is 0.480 e.